The molecule has 0 amide bonds. The van der Waals surface area contributed by atoms with Crippen LogP contribution in [0.5, 0.6) is 11.5 Å². The van der Waals surface area contributed by atoms with E-state index < -0.39 is 69.2 Å². The Labute approximate surface area is 230 Å². The van der Waals surface area contributed by atoms with Crippen LogP contribution in [0.1, 0.15) is 20.8 Å². The predicted octanol–water partition coefficient (Wildman–Crippen LogP) is 3.77. The molecule has 0 N–H and O–H groups in total. The van der Waals surface area contributed by atoms with Crippen molar-refractivity contribution in [1.82, 2.24) is 0 Å². The van der Waals surface area contributed by atoms with Crippen molar-refractivity contribution in [2.45, 2.75) is 57.6 Å². The Kier molecular flexibility index (Phi) is 11.0. The lowest BCUT2D eigenvalue weighted by Crippen LogP contribution is -2.64. The number of benzene rings is 2. The van der Waals surface area contributed by atoms with Gasteiger partial charge in [-0.2, -0.15) is 0 Å². The van der Waals surface area contributed by atoms with Crippen molar-refractivity contribution in [3.63, 3.8) is 0 Å². The highest BCUT2D eigenvalue weighted by atomic mass is 31.2. The summed E-state index contributed by atoms with van der Waals surface area (Å²) in [5, 5.41) is 0. The first-order chi connectivity index (χ1) is 19.0. The number of methoxy groups -OCH3 is 1. The van der Waals surface area contributed by atoms with Crippen LogP contribution >= 0.6 is 7.82 Å². The minimum atomic E-state index is -4.71. The van der Waals surface area contributed by atoms with Gasteiger partial charge < -0.3 is 32.7 Å². The van der Waals surface area contributed by atoms with Gasteiger partial charge in [-0.15, -0.1) is 0 Å². The van der Waals surface area contributed by atoms with E-state index in [1.54, 1.807) is 36.4 Å². The molecule has 0 radical (unpaired) electrons. The summed E-state index contributed by atoms with van der Waals surface area (Å²) in [5.41, 5.74) is 0. The van der Waals surface area contributed by atoms with Gasteiger partial charge in [0.05, 0.1) is 6.61 Å². The molecule has 1 aliphatic heterocycles. The lowest BCUT2D eigenvalue weighted by atomic mass is 9.95. The molecular formula is C26H30FO12P. The fourth-order valence-electron chi connectivity index (χ4n) is 3.84. The average molecular weight is 584 g/mol. The second kappa shape index (κ2) is 14.2. The predicted molar refractivity (Wildman–Crippen MR) is 135 cm³/mol. The van der Waals surface area contributed by atoms with Crippen LogP contribution in [-0.2, 0) is 47.2 Å². The van der Waals surface area contributed by atoms with Gasteiger partial charge in [0.1, 0.15) is 17.6 Å². The van der Waals surface area contributed by atoms with Crippen LogP contribution in [0.25, 0.3) is 0 Å². The van der Waals surface area contributed by atoms with Gasteiger partial charge in [0.15, 0.2) is 24.5 Å². The van der Waals surface area contributed by atoms with E-state index in [1.165, 1.54) is 31.4 Å². The normalized spacial score (nSPS) is 23.4. The Morgan fingerprint density at radius 1 is 0.800 bits per heavy atom. The van der Waals surface area contributed by atoms with Gasteiger partial charge in [0.25, 0.3) is 0 Å². The summed E-state index contributed by atoms with van der Waals surface area (Å²) >= 11 is 0. The minimum absolute atomic E-state index is 0.0789. The van der Waals surface area contributed by atoms with Crippen molar-refractivity contribution in [1.29, 1.82) is 0 Å². The van der Waals surface area contributed by atoms with E-state index in [2.05, 4.69) is 0 Å². The Bertz CT molecular complexity index is 1140. The molecule has 0 aromatic heterocycles. The fraction of sp³-hybridized carbons (Fsp3) is 0.423. The first-order valence-electron chi connectivity index (χ1n) is 12.1. The van der Waals surface area contributed by atoms with E-state index in [4.69, 9.17) is 37.3 Å². The highest BCUT2D eigenvalue weighted by molar-refractivity contribution is 7.49. The Hall–Kier alpha value is -3.51. The van der Waals surface area contributed by atoms with Crippen LogP contribution < -0.4 is 9.05 Å². The third kappa shape index (κ3) is 8.75. The number of rotatable bonds is 12. The zero-order valence-electron chi connectivity index (χ0n) is 22.2. The summed E-state index contributed by atoms with van der Waals surface area (Å²) in [6, 6.07) is 15.7. The number of alkyl halides is 1. The number of hydrogen-bond acceptors (Lipinski definition) is 12. The number of esters is 3. The molecule has 3 rings (SSSR count). The SMILES string of the molecule is COC[C@H](F)C1O[C@@H](OP(=O)(Oc2ccccc2)Oc2ccccc2)[C@H](OC(C)=O)[C@@H](OC(C)=O)[C@@H]1OC(C)=O. The Morgan fingerprint density at radius 2 is 1.25 bits per heavy atom. The third-order valence-corrected chi connectivity index (χ3v) is 6.61. The van der Waals surface area contributed by atoms with Gasteiger partial charge in [0, 0.05) is 27.9 Å². The molecule has 14 heteroatoms. The number of phosphoric acid groups is 1. The Balaban J connectivity index is 2.07. The quantitative estimate of drug-likeness (QED) is 0.204. The molecule has 1 saturated heterocycles. The summed E-state index contributed by atoms with van der Waals surface area (Å²) in [4.78, 5) is 36.0. The molecule has 1 aliphatic rings. The van der Waals surface area contributed by atoms with Crippen molar-refractivity contribution in [2.75, 3.05) is 13.7 Å². The molecule has 2 aromatic rings. The second-order valence-electron chi connectivity index (χ2n) is 8.52. The zero-order valence-corrected chi connectivity index (χ0v) is 23.1. The van der Waals surface area contributed by atoms with E-state index in [0.717, 1.165) is 20.8 Å². The average Bonchev–Trinajstić information content (AvgIpc) is 2.87. The summed E-state index contributed by atoms with van der Waals surface area (Å²) in [7, 11) is -3.48. The topological polar surface area (TPSA) is 142 Å². The summed E-state index contributed by atoms with van der Waals surface area (Å²) < 4.78 is 72.8. The first-order valence-corrected chi connectivity index (χ1v) is 13.5. The van der Waals surface area contributed by atoms with Crippen molar-refractivity contribution >= 4 is 25.7 Å². The van der Waals surface area contributed by atoms with Gasteiger partial charge in [0.2, 0.25) is 6.29 Å². The van der Waals surface area contributed by atoms with Crippen LogP contribution in [0.2, 0.25) is 0 Å². The van der Waals surface area contributed by atoms with Crippen LogP contribution in [0.3, 0.4) is 0 Å². The monoisotopic (exact) mass is 584 g/mol. The Morgan fingerprint density at radius 3 is 1.70 bits per heavy atom. The summed E-state index contributed by atoms with van der Waals surface area (Å²) in [5.74, 6) is -2.49. The molecule has 40 heavy (non-hydrogen) atoms. The molecule has 0 saturated carbocycles. The molecule has 0 spiro atoms. The van der Waals surface area contributed by atoms with E-state index in [9.17, 15) is 18.9 Å². The number of carbonyl (C=O) groups excluding carboxylic acids is 3. The van der Waals surface area contributed by atoms with Gasteiger partial charge in [-0.05, 0) is 24.3 Å². The molecule has 1 unspecified atom stereocenters. The highest BCUT2D eigenvalue weighted by Crippen LogP contribution is 2.52. The van der Waals surface area contributed by atoms with Gasteiger partial charge in [-0.3, -0.25) is 14.4 Å². The van der Waals surface area contributed by atoms with Crippen LogP contribution in [0.15, 0.2) is 60.7 Å². The molecule has 2 aromatic carbocycles. The maximum absolute atomic E-state index is 15.3. The van der Waals surface area contributed by atoms with Crippen LogP contribution in [0.4, 0.5) is 4.39 Å². The number of carbonyl (C=O) groups is 3. The molecule has 12 nitrogen and oxygen atoms in total. The van der Waals surface area contributed by atoms with E-state index in [-0.39, 0.29) is 11.5 Å². The van der Waals surface area contributed by atoms with Crippen molar-refractivity contribution in [3.05, 3.63) is 60.7 Å². The van der Waals surface area contributed by atoms with Gasteiger partial charge in [-0.25, -0.2) is 13.5 Å². The van der Waals surface area contributed by atoms with Crippen LogP contribution in [-0.4, -0.2) is 68.5 Å². The smallest absolute Gasteiger partial charge is 0.456 e. The second-order valence-corrected chi connectivity index (χ2v) is 9.99. The standard InChI is InChI=1S/C26H30FO12P/c1-16(28)33-23-22(21(27)15-32-4)36-26(25(35-18(3)30)24(23)34-17(2)29)39-40(31,37-19-11-7-5-8-12-19)38-20-13-9-6-10-14-20/h5-14,21-26H,15H2,1-4H3/t21-,22?,23+,24-,25+,26-/m0/s1. The lowest BCUT2D eigenvalue weighted by molar-refractivity contribution is -0.296. The van der Waals surface area contributed by atoms with E-state index in [1.807, 2.05) is 0 Å². The third-order valence-electron chi connectivity index (χ3n) is 5.27. The number of halogens is 1. The van der Waals surface area contributed by atoms with Crippen molar-refractivity contribution < 1.29 is 60.6 Å². The molecule has 1 fully saturated rings. The van der Waals surface area contributed by atoms with Crippen molar-refractivity contribution in [2.24, 2.45) is 0 Å². The van der Waals surface area contributed by atoms with Gasteiger partial charge >= 0.3 is 25.7 Å². The van der Waals surface area contributed by atoms with Crippen molar-refractivity contribution in [3.8, 4) is 11.5 Å². The van der Waals surface area contributed by atoms with E-state index in [0.29, 0.717) is 0 Å². The maximum atomic E-state index is 15.3. The molecule has 218 valence electrons. The zero-order chi connectivity index (χ0) is 29.3. The van der Waals surface area contributed by atoms with Crippen LogP contribution in [0, 0.1) is 0 Å². The molecule has 1 heterocycles. The molecule has 0 bridgehead atoms. The molecule has 6 atom stereocenters. The summed E-state index contributed by atoms with van der Waals surface area (Å²) in [6.07, 6.45) is -10.5. The maximum Gasteiger partial charge on any atom is 0.590 e. The summed E-state index contributed by atoms with van der Waals surface area (Å²) in [6.45, 7) is 2.60. The number of ether oxygens (including phenoxy) is 5. The largest absolute Gasteiger partial charge is 0.590 e. The lowest BCUT2D eigenvalue weighted by Gasteiger charge is -2.45. The number of hydrogen-bond donors (Lipinski definition) is 0. The minimum Gasteiger partial charge on any atom is -0.456 e. The van der Waals surface area contributed by atoms with E-state index >= 15 is 4.39 Å². The van der Waals surface area contributed by atoms with Gasteiger partial charge in [-0.1, -0.05) is 36.4 Å². The molecule has 0 aliphatic carbocycles. The highest BCUT2D eigenvalue weighted by Gasteiger charge is 2.57. The number of para-hydroxylation sites is 2. The fourth-order valence-corrected chi connectivity index (χ4v) is 5.15. The molecular weight excluding hydrogens is 554 g/mol. The first kappa shape index (κ1) is 31.0. The number of phosphoric ester groups is 1.